The quantitative estimate of drug-likeness (QED) is 0.0987. The first kappa shape index (κ1) is 40.1. The van der Waals surface area contributed by atoms with Gasteiger partial charge in [0.1, 0.15) is 24.3 Å². The molecular weight excluding hydrogens is 716 g/mol. The molecular formula is C42H50N6O8. The summed E-state index contributed by atoms with van der Waals surface area (Å²) in [5.41, 5.74) is 14.5. The number of rotatable bonds is 17. The van der Waals surface area contributed by atoms with Crippen molar-refractivity contribution in [3.05, 3.63) is 102 Å². The van der Waals surface area contributed by atoms with Crippen molar-refractivity contribution in [2.75, 3.05) is 26.2 Å². The third-order valence-corrected chi connectivity index (χ3v) is 10.4. The van der Waals surface area contributed by atoms with Crippen LogP contribution in [0.25, 0.3) is 11.1 Å². The Hall–Kier alpha value is -5.60. The fourth-order valence-electron chi connectivity index (χ4n) is 7.31. The molecule has 296 valence electrons. The second-order valence-electron chi connectivity index (χ2n) is 14.5. The van der Waals surface area contributed by atoms with E-state index in [2.05, 4.69) is 10.3 Å². The first-order valence-electron chi connectivity index (χ1n) is 19.3. The van der Waals surface area contributed by atoms with Crippen LogP contribution in [0.3, 0.4) is 0 Å². The third-order valence-electron chi connectivity index (χ3n) is 10.4. The van der Waals surface area contributed by atoms with Gasteiger partial charge in [-0.15, -0.1) is 0 Å². The number of nitrogens with one attached hydrogen (secondary N) is 1. The largest absolute Gasteiger partial charge is 0.445 e. The van der Waals surface area contributed by atoms with Gasteiger partial charge in [0, 0.05) is 37.9 Å². The number of benzene rings is 3. The summed E-state index contributed by atoms with van der Waals surface area (Å²) in [6, 6.07) is 23.4. The zero-order valence-electron chi connectivity index (χ0n) is 31.4. The van der Waals surface area contributed by atoms with Crippen molar-refractivity contribution in [3.8, 4) is 0 Å². The van der Waals surface area contributed by atoms with E-state index in [0.717, 1.165) is 11.1 Å². The number of oxazole rings is 1. The molecule has 0 bridgehead atoms. The van der Waals surface area contributed by atoms with E-state index in [9.17, 15) is 24.0 Å². The Bertz CT molecular complexity index is 1920. The Morgan fingerprint density at radius 1 is 0.893 bits per heavy atom. The van der Waals surface area contributed by atoms with Crippen LogP contribution in [0.15, 0.2) is 89.3 Å². The fourth-order valence-corrected chi connectivity index (χ4v) is 7.31. The number of Topliss-reactive ketones (excluding diaryl/α,β-unsaturated/α-hetero) is 2. The van der Waals surface area contributed by atoms with Gasteiger partial charge in [-0.1, -0.05) is 79.2 Å². The first-order valence-corrected chi connectivity index (χ1v) is 19.3. The molecule has 5 N–H and O–H groups in total. The molecule has 14 heteroatoms. The Morgan fingerprint density at radius 2 is 1.61 bits per heavy atom. The van der Waals surface area contributed by atoms with E-state index in [1.165, 1.54) is 9.80 Å². The summed E-state index contributed by atoms with van der Waals surface area (Å²) < 4.78 is 17.2. The number of likely N-dealkylation sites (tertiary alicyclic amines) is 2. The molecule has 0 radical (unpaired) electrons. The predicted octanol–water partition coefficient (Wildman–Crippen LogP) is 4.78. The molecule has 3 aromatic carbocycles. The number of hydrogen-bond acceptors (Lipinski definition) is 11. The number of amides is 3. The van der Waals surface area contributed by atoms with Crippen molar-refractivity contribution in [1.29, 1.82) is 0 Å². The number of carbonyl (C=O) groups excluding carboxylic acids is 5. The standard InChI is InChI=1S/C42H50N6O8/c43-21-10-9-15-30(38(50)39-45-33-16-7-8-17-37(33)56-39)23-36(49)35-24-32(55-42(53)47-22-20-31(44)25-47)26-48(35)40(51)34(19-18-28-11-3-1-4-12-28)46-41(52)54-27-29-13-5-2-6-14-29/h1-8,11-14,16-17,30-32,34-35H,9-10,15,18-27,43-44H2,(H,46,52)/t30-,31?,32-,34-,35+/m1/s1. The van der Waals surface area contributed by atoms with Crippen molar-refractivity contribution in [1.82, 2.24) is 20.1 Å². The number of carbonyl (C=O) groups is 5. The number of nitrogens with two attached hydrogens (primary N) is 2. The Kier molecular flexibility index (Phi) is 13.8. The molecule has 0 saturated carbocycles. The number of unbranched alkanes of at least 4 members (excludes halogenated alkanes) is 1. The normalized spacial score (nSPS) is 19.1. The smallest absolute Gasteiger partial charge is 0.410 e. The van der Waals surface area contributed by atoms with Crippen LogP contribution in [-0.4, -0.2) is 94.9 Å². The van der Waals surface area contributed by atoms with Crippen LogP contribution in [0, 0.1) is 5.92 Å². The maximum absolute atomic E-state index is 14.6. The summed E-state index contributed by atoms with van der Waals surface area (Å²) in [5.74, 6) is -2.21. The van der Waals surface area contributed by atoms with Crippen LogP contribution in [-0.2, 0) is 32.1 Å². The number of fused-ring (bicyclic) bond motifs is 1. The molecule has 2 aliphatic rings. The second kappa shape index (κ2) is 19.3. The molecule has 2 saturated heterocycles. The molecule has 14 nitrogen and oxygen atoms in total. The van der Waals surface area contributed by atoms with Crippen molar-refractivity contribution in [2.45, 2.75) is 82.2 Å². The lowest BCUT2D eigenvalue weighted by Gasteiger charge is -2.29. The maximum Gasteiger partial charge on any atom is 0.410 e. The third kappa shape index (κ3) is 10.6. The van der Waals surface area contributed by atoms with E-state index in [1.54, 1.807) is 24.3 Å². The van der Waals surface area contributed by atoms with Gasteiger partial charge in [-0.25, -0.2) is 14.6 Å². The zero-order valence-corrected chi connectivity index (χ0v) is 31.4. The molecule has 1 aromatic heterocycles. The van der Waals surface area contributed by atoms with Crippen molar-refractivity contribution >= 4 is 40.8 Å². The summed E-state index contributed by atoms with van der Waals surface area (Å²) in [7, 11) is 0. The summed E-state index contributed by atoms with van der Waals surface area (Å²) in [6.45, 7) is 1.12. The van der Waals surface area contributed by atoms with E-state index in [0.29, 0.717) is 62.8 Å². The lowest BCUT2D eigenvalue weighted by molar-refractivity contribution is -0.139. The van der Waals surface area contributed by atoms with Gasteiger partial charge in [0.05, 0.1) is 12.6 Å². The molecule has 3 heterocycles. The van der Waals surface area contributed by atoms with Gasteiger partial charge in [-0.2, -0.15) is 0 Å². The van der Waals surface area contributed by atoms with Gasteiger partial charge < -0.3 is 40.5 Å². The van der Waals surface area contributed by atoms with Crippen LogP contribution in [0.2, 0.25) is 0 Å². The van der Waals surface area contributed by atoms with Gasteiger partial charge in [-0.3, -0.25) is 14.4 Å². The van der Waals surface area contributed by atoms with Gasteiger partial charge in [0.15, 0.2) is 11.4 Å². The minimum atomic E-state index is -1.08. The zero-order chi connectivity index (χ0) is 39.4. The molecule has 3 amide bonds. The average Bonchev–Trinajstić information content (AvgIpc) is 3.97. The van der Waals surface area contributed by atoms with Crippen molar-refractivity contribution < 1.29 is 37.9 Å². The van der Waals surface area contributed by atoms with Crippen molar-refractivity contribution in [2.24, 2.45) is 17.4 Å². The number of ketones is 2. The van der Waals surface area contributed by atoms with Crippen LogP contribution in [0.5, 0.6) is 0 Å². The van der Waals surface area contributed by atoms with Crippen LogP contribution in [0.4, 0.5) is 9.59 Å². The van der Waals surface area contributed by atoms with Crippen LogP contribution >= 0.6 is 0 Å². The molecule has 0 spiro atoms. The summed E-state index contributed by atoms with van der Waals surface area (Å²) in [5, 5.41) is 2.75. The molecule has 6 rings (SSSR count). The fraction of sp³-hybridized carbons (Fsp3) is 0.429. The minimum Gasteiger partial charge on any atom is -0.445 e. The molecule has 1 unspecified atom stereocenters. The highest BCUT2D eigenvalue weighted by Crippen LogP contribution is 2.29. The average molecular weight is 767 g/mol. The Morgan fingerprint density at radius 3 is 2.30 bits per heavy atom. The van der Waals surface area contributed by atoms with Crippen LogP contribution < -0.4 is 16.8 Å². The topological polar surface area (TPSA) is 200 Å². The number of aromatic nitrogens is 1. The molecule has 4 aromatic rings. The van der Waals surface area contributed by atoms with Gasteiger partial charge in [0.25, 0.3) is 5.89 Å². The highest BCUT2D eigenvalue weighted by Gasteiger charge is 2.45. The second-order valence-corrected chi connectivity index (χ2v) is 14.5. The number of alkyl carbamates (subject to hydrolysis) is 1. The van der Waals surface area contributed by atoms with E-state index < -0.39 is 48.0 Å². The van der Waals surface area contributed by atoms with E-state index in [-0.39, 0.29) is 50.1 Å². The summed E-state index contributed by atoms with van der Waals surface area (Å²) in [4.78, 5) is 76.6. The van der Waals surface area contributed by atoms with E-state index in [4.69, 9.17) is 25.4 Å². The predicted molar refractivity (Wildman–Crippen MR) is 207 cm³/mol. The highest BCUT2D eigenvalue weighted by atomic mass is 16.6. The summed E-state index contributed by atoms with van der Waals surface area (Å²) >= 11 is 0. The lowest BCUT2D eigenvalue weighted by Crippen LogP contribution is -2.52. The number of nitrogens with zero attached hydrogens (tertiary/aromatic N) is 3. The van der Waals surface area contributed by atoms with Gasteiger partial charge in [-0.05, 0) is 61.9 Å². The molecule has 56 heavy (non-hydrogen) atoms. The van der Waals surface area contributed by atoms with Gasteiger partial charge >= 0.3 is 12.2 Å². The molecule has 2 aliphatic heterocycles. The van der Waals surface area contributed by atoms with Crippen LogP contribution in [0.1, 0.15) is 66.8 Å². The number of para-hydroxylation sites is 2. The highest BCUT2D eigenvalue weighted by molar-refractivity contribution is 6.00. The number of hydrogen-bond donors (Lipinski definition) is 3. The Labute approximate surface area is 325 Å². The molecule has 2 fully saturated rings. The Balaban J connectivity index is 1.23. The lowest BCUT2D eigenvalue weighted by atomic mass is 9.89. The van der Waals surface area contributed by atoms with Gasteiger partial charge in [0.2, 0.25) is 11.7 Å². The van der Waals surface area contributed by atoms with E-state index in [1.807, 2.05) is 60.7 Å². The van der Waals surface area contributed by atoms with Crippen molar-refractivity contribution in [3.63, 3.8) is 0 Å². The maximum atomic E-state index is 14.6. The minimum absolute atomic E-state index is 0.00502. The molecule has 5 atom stereocenters. The SMILES string of the molecule is NCCCC[C@H](CC(=O)[C@@H]1C[C@@H](OC(=O)N2CCC(N)C2)CN1C(=O)[C@@H](CCc1ccccc1)NC(=O)OCc1ccccc1)C(=O)c1nc2ccccc2o1. The number of aryl methyl sites for hydroxylation is 1. The summed E-state index contributed by atoms with van der Waals surface area (Å²) in [6.07, 6.45) is 0.496. The van der Waals surface area contributed by atoms with E-state index >= 15 is 0 Å². The number of ether oxygens (including phenoxy) is 2. The monoisotopic (exact) mass is 766 g/mol. The first-order chi connectivity index (χ1) is 27.2. The molecule has 0 aliphatic carbocycles.